The van der Waals surface area contributed by atoms with Crippen molar-refractivity contribution in [2.24, 2.45) is 0 Å². The molecule has 0 aliphatic heterocycles. The molecule has 0 unspecified atom stereocenters. The van der Waals surface area contributed by atoms with E-state index in [1.807, 2.05) is 0 Å². The summed E-state index contributed by atoms with van der Waals surface area (Å²) in [6.45, 7) is 0. The summed E-state index contributed by atoms with van der Waals surface area (Å²) in [4.78, 5) is 11.2. The predicted molar refractivity (Wildman–Crippen MR) is 55.5 cm³/mol. The third-order valence-corrected chi connectivity index (χ3v) is 2.96. The first-order chi connectivity index (χ1) is 8.48. The quantitative estimate of drug-likeness (QED) is 0.558. The van der Waals surface area contributed by atoms with E-state index in [0.29, 0.717) is 6.07 Å². The Labute approximate surface area is 111 Å². The molecule has 0 aliphatic rings. The van der Waals surface area contributed by atoms with Crippen LogP contribution in [-0.4, -0.2) is 13.1 Å². The van der Waals surface area contributed by atoms with Gasteiger partial charge in [0.15, 0.2) is 0 Å². The summed E-state index contributed by atoms with van der Waals surface area (Å²) in [6.07, 6.45) is -10.0. The van der Waals surface area contributed by atoms with Gasteiger partial charge >= 0.3 is 18.3 Å². The van der Waals surface area contributed by atoms with E-state index in [0.717, 1.165) is 7.11 Å². The van der Waals surface area contributed by atoms with Crippen LogP contribution in [0.4, 0.5) is 26.3 Å². The number of ether oxygens (including phenoxy) is 1. The summed E-state index contributed by atoms with van der Waals surface area (Å²) in [7, 11) is 0.850. The number of rotatable bonds is 1. The number of carbonyl (C=O) groups is 1. The van der Waals surface area contributed by atoms with Gasteiger partial charge in [0.25, 0.3) is 0 Å². The third kappa shape index (κ3) is 3.40. The van der Waals surface area contributed by atoms with E-state index in [4.69, 9.17) is 0 Å². The molecule has 0 aromatic heterocycles. The van der Waals surface area contributed by atoms with Crippen molar-refractivity contribution in [3.8, 4) is 0 Å². The molecule has 2 nitrogen and oxygen atoms in total. The number of halogens is 7. The summed E-state index contributed by atoms with van der Waals surface area (Å²) in [5.41, 5.74) is -4.02. The average Bonchev–Trinajstić information content (AvgIpc) is 2.25. The fraction of sp³-hybridized carbons (Fsp3) is 0.300. The Bertz CT molecular complexity index is 506. The van der Waals surface area contributed by atoms with Gasteiger partial charge in [-0.25, -0.2) is 4.79 Å². The predicted octanol–water partition coefficient (Wildman–Crippen LogP) is 4.27. The zero-order valence-corrected chi connectivity index (χ0v) is 10.7. The molecule has 0 aliphatic carbocycles. The second-order valence-electron chi connectivity index (χ2n) is 3.37. The normalized spacial score (nSPS) is 12.4. The lowest BCUT2D eigenvalue weighted by molar-refractivity contribution is -0.143. The van der Waals surface area contributed by atoms with Crippen LogP contribution in [0.15, 0.2) is 16.6 Å². The highest BCUT2D eigenvalue weighted by Crippen LogP contribution is 2.41. The number of hydrogen-bond donors (Lipinski definition) is 0. The molecule has 0 saturated heterocycles. The van der Waals surface area contributed by atoms with Gasteiger partial charge in [0, 0.05) is 4.47 Å². The maximum Gasteiger partial charge on any atom is 0.417 e. The fourth-order valence-electron chi connectivity index (χ4n) is 1.25. The highest BCUT2D eigenvalue weighted by Gasteiger charge is 2.40. The Morgan fingerprint density at radius 3 is 2.00 bits per heavy atom. The van der Waals surface area contributed by atoms with Crippen molar-refractivity contribution >= 4 is 21.9 Å². The number of hydrogen-bond acceptors (Lipinski definition) is 2. The van der Waals surface area contributed by atoms with Gasteiger partial charge in [0.2, 0.25) is 0 Å². The highest BCUT2D eigenvalue weighted by molar-refractivity contribution is 9.10. The van der Waals surface area contributed by atoms with E-state index >= 15 is 0 Å². The molecule has 1 rings (SSSR count). The van der Waals surface area contributed by atoms with Crippen molar-refractivity contribution in [3.05, 3.63) is 33.3 Å². The van der Waals surface area contributed by atoms with E-state index in [1.165, 1.54) is 0 Å². The van der Waals surface area contributed by atoms with Crippen molar-refractivity contribution in [1.29, 1.82) is 0 Å². The molecule has 0 bridgehead atoms. The minimum absolute atomic E-state index is 0.0729. The van der Waals surface area contributed by atoms with Crippen molar-refractivity contribution < 1.29 is 35.9 Å². The Hall–Kier alpha value is -1.25. The summed E-state index contributed by atoms with van der Waals surface area (Å²) in [6, 6.07) is 0.224. The summed E-state index contributed by atoms with van der Waals surface area (Å²) < 4.78 is 78.7. The molecule has 1 aromatic rings. The third-order valence-electron chi connectivity index (χ3n) is 2.11. The first kappa shape index (κ1) is 15.8. The molecule has 106 valence electrons. The van der Waals surface area contributed by atoms with Crippen LogP contribution in [0.2, 0.25) is 0 Å². The Morgan fingerprint density at radius 2 is 1.63 bits per heavy atom. The van der Waals surface area contributed by atoms with Gasteiger partial charge in [0.1, 0.15) is 0 Å². The number of methoxy groups -OCH3 is 1. The number of benzene rings is 1. The van der Waals surface area contributed by atoms with Crippen LogP contribution in [0.5, 0.6) is 0 Å². The van der Waals surface area contributed by atoms with Crippen LogP contribution < -0.4 is 0 Å². The second kappa shape index (κ2) is 5.03. The maximum atomic E-state index is 12.6. The maximum absolute atomic E-state index is 12.6. The highest BCUT2D eigenvalue weighted by atomic mass is 79.9. The molecule has 0 fully saturated rings. The zero-order valence-electron chi connectivity index (χ0n) is 9.12. The van der Waals surface area contributed by atoms with Gasteiger partial charge < -0.3 is 4.74 Å². The SMILES string of the molecule is COC(=O)c1cc(C(F)(F)F)cc(C(F)(F)F)c1Br. The van der Waals surface area contributed by atoms with E-state index in [2.05, 4.69) is 20.7 Å². The average molecular weight is 351 g/mol. The number of alkyl halides is 6. The molecular formula is C10H5BrF6O2. The van der Waals surface area contributed by atoms with Gasteiger partial charge in [-0.05, 0) is 28.1 Å². The molecule has 19 heavy (non-hydrogen) atoms. The van der Waals surface area contributed by atoms with Crippen molar-refractivity contribution in [3.63, 3.8) is 0 Å². The molecule has 0 radical (unpaired) electrons. The first-order valence-electron chi connectivity index (χ1n) is 4.54. The summed E-state index contributed by atoms with van der Waals surface area (Å²) in [5, 5.41) is 0. The van der Waals surface area contributed by atoms with Crippen LogP contribution >= 0.6 is 15.9 Å². The lowest BCUT2D eigenvalue weighted by atomic mass is 10.0. The van der Waals surface area contributed by atoms with Gasteiger partial charge in [-0.2, -0.15) is 26.3 Å². The van der Waals surface area contributed by atoms with E-state index in [9.17, 15) is 31.1 Å². The van der Waals surface area contributed by atoms with Crippen LogP contribution in [0.1, 0.15) is 21.5 Å². The number of esters is 1. The Morgan fingerprint density at radius 1 is 1.11 bits per heavy atom. The van der Waals surface area contributed by atoms with Crippen molar-refractivity contribution in [1.82, 2.24) is 0 Å². The second-order valence-corrected chi connectivity index (χ2v) is 4.17. The molecule has 0 atom stereocenters. The largest absolute Gasteiger partial charge is 0.465 e. The smallest absolute Gasteiger partial charge is 0.417 e. The Balaban J connectivity index is 3.62. The fourth-order valence-corrected chi connectivity index (χ4v) is 1.87. The van der Waals surface area contributed by atoms with Gasteiger partial charge in [-0.1, -0.05) is 0 Å². The monoisotopic (exact) mass is 350 g/mol. The zero-order chi connectivity index (χ0) is 15.0. The van der Waals surface area contributed by atoms with Gasteiger partial charge in [-0.15, -0.1) is 0 Å². The van der Waals surface area contributed by atoms with Crippen molar-refractivity contribution in [2.75, 3.05) is 7.11 Å². The number of carbonyl (C=O) groups excluding carboxylic acids is 1. The van der Waals surface area contributed by atoms with Gasteiger partial charge in [-0.3, -0.25) is 0 Å². The lowest BCUT2D eigenvalue weighted by Gasteiger charge is -2.15. The van der Waals surface area contributed by atoms with Crippen LogP contribution in [0.3, 0.4) is 0 Å². The van der Waals surface area contributed by atoms with Gasteiger partial charge in [0.05, 0.1) is 23.8 Å². The molecule has 0 saturated carbocycles. The minimum Gasteiger partial charge on any atom is -0.465 e. The topological polar surface area (TPSA) is 26.3 Å². The van der Waals surface area contributed by atoms with E-state index in [-0.39, 0.29) is 6.07 Å². The lowest BCUT2D eigenvalue weighted by Crippen LogP contribution is -2.15. The molecule has 0 spiro atoms. The standard InChI is InChI=1S/C10H5BrF6O2/c1-19-8(18)5-2-4(9(12,13)14)3-6(7(5)11)10(15,16)17/h2-3H,1H3. The molecule has 1 aromatic carbocycles. The van der Waals surface area contributed by atoms with Crippen molar-refractivity contribution in [2.45, 2.75) is 12.4 Å². The molecule has 9 heteroatoms. The van der Waals surface area contributed by atoms with E-state index in [1.54, 1.807) is 0 Å². The molecular weight excluding hydrogens is 346 g/mol. The van der Waals surface area contributed by atoms with Crippen LogP contribution in [0.25, 0.3) is 0 Å². The Kier molecular flexibility index (Phi) is 4.18. The minimum atomic E-state index is -5.04. The van der Waals surface area contributed by atoms with E-state index < -0.39 is 39.5 Å². The first-order valence-corrected chi connectivity index (χ1v) is 5.34. The summed E-state index contributed by atoms with van der Waals surface area (Å²) >= 11 is 2.47. The molecule has 0 N–H and O–H groups in total. The van der Waals surface area contributed by atoms with Crippen LogP contribution in [0, 0.1) is 0 Å². The van der Waals surface area contributed by atoms with Crippen LogP contribution in [-0.2, 0) is 17.1 Å². The molecule has 0 heterocycles. The molecule has 0 amide bonds. The summed E-state index contributed by atoms with van der Waals surface area (Å²) in [5.74, 6) is -1.30.